The van der Waals surface area contributed by atoms with Gasteiger partial charge in [-0.15, -0.1) is 0 Å². The van der Waals surface area contributed by atoms with Crippen molar-refractivity contribution in [3.05, 3.63) is 56.8 Å². The molecular formula is C26H26O14. The molecule has 2 aromatic rings. The van der Waals surface area contributed by atoms with Gasteiger partial charge in [0.05, 0.1) is 12.0 Å². The third-order valence-electron chi connectivity index (χ3n) is 7.94. The SMILES string of the molecule is O=C1OOC1(CCOC1OOC(O)C(O)C1O)Cc1cc2c3c(ccc(O)c3c(=O)c1)C1CC(=C2)C(O)(O)C1O. The lowest BCUT2D eigenvalue weighted by Crippen LogP contribution is -2.56. The van der Waals surface area contributed by atoms with Gasteiger partial charge in [0.1, 0.15) is 24.1 Å². The minimum absolute atomic E-state index is 0.0319. The first kappa shape index (κ1) is 27.2. The van der Waals surface area contributed by atoms with E-state index in [1.165, 1.54) is 24.3 Å². The molecule has 2 aliphatic heterocycles. The topological polar surface area (TPSA) is 222 Å². The van der Waals surface area contributed by atoms with Crippen molar-refractivity contribution >= 4 is 22.8 Å². The highest BCUT2D eigenvalue weighted by molar-refractivity contribution is 5.98. The first-order valence-electron chi connectivity index (χ1n) is 12.5. The number of ether oxygens (including phenoxy) is 1. The number of carbonyl (C=O) groups is 1. The number of aliphatic hydroxyl groups is 6. The van der Waals surface area contributed by atoms with Crippen molar-refractivity contribution in [3.8, 4) is 5.75 Å². The van der Waals surface area contributed by atoms with Crippen LogP contribution in [0.1, 0.15) is 35.4 Å². The zero-order valence-corrected chi connectivity index (χ0v) is 20.7. The Kier molecular flexibility index (Phi) is 6.47. The Bertz CT molecular complexity index is 1470. The number of phenolic OH excluding ortho intramolecular Hbond substituents is 1. The Morgan fingerprint density at radius 3 is 2.48 bits per heavy atom. The fourth-order valence-corrected chi connectivity index (χ4v) is 5.73. The van der Waals surface area contributed by atoms with Gasteiger partial charge in [0.2, 0.25) is 24.0 Å². The molecule has 2 saturated heterocycles. The van der Waals surface area contributed by atoms with Crippen LogP contribution in [0.25, 0.3) is 16.8 Å². The standard InChI is InChI=1S/C26H26O14/c27-15-2-1-13-14-8-12(26(34,35)21(14)31)7-11-5-10(6-16(28)18(15)17(11)13)9-25(24(33)39-40-25)3-4-36-23-20(30)19(29)22(32)37-38-23/h1-2,5-7,14,19-23,27,29-32,34-35H,3-4,8-9H2. The number of rotatable bonds is 6. The molecule has 0 amide bonds. The van der Waals surface area contributed by atoms with Crippen LogP contribution in [-0.2, 0) is 35.5 Å². The molecule has 40 heavy (non-hydrogen) atoms. The van der Waals surface area contributed by atoms with Crippen LogP contribution >= 0.6 is 0 Å². The van der Waals surface area contributed by atoms with Crippen LogP contribution in [0.4, 0.5) is 0 Å². The smallest absolute Gasteiger partial charge is 0.378 e. The molecule has 0 spiro atoms. The first-order chi connectivity index (χ1) is 18.9. The zero-order chi connectivity index (χ0) is 28.6. The number of phenols is 1. The highest BCUT2D eigenvalue weighted by atomic mass is 17.3. The molecule has 1 saturated carbocycles. The highest BCUT2D eigenvalue weighted by Crippen LogP contribution is 2.50. The molecule has 0 aromatic heterocycles. The maximum atomic E-state index is 13.4. The second-order valence-corrected chi connectivity index (χ2v) is 10.4. The van der Waals surface area contributed by atoms with E-state index in [-0.39, 0.29) is 48.1 Å². The molecule has 4 aliphatic rings. The zero-order valence-electron chi connectivity index (χ0n) is 20.7. The third kappa shape index (κ3) is 4.12. The molecule has 14 nitrogen and oxygen atoms in total. The summed E-state index contributed by atoms with van der Waals surface area (Å²) in [5, 5.41) is 71.7. The molecule has 2 aromatic carbocycles. The number of aliphatic hydroxyl groups excluding tert-OH is 4. The van der Waals surface area contributed by atoms with Gasteiger partial charge in [-0.2, -0.15) is 14.7 Å². The predicted molar refractivity (Wildman–Crippen MR) is 129 cm³/mol. The van der Waals surface area contributed by atoms with Crippen LogP contribution in [0.15, 0.2) is 34.6 Å². The summed E-state index contributed by atoms with van der Waals surface area (Å²) in [5.41, 5.74) is -0.983. The van der Waals surface area contributed by atoms with Gasteiger partial charge in [0.25, 0.3) is 0 Å². The van der Waals surface area contributed by atoms with Crippen molar-refractivity contribution in [1.29, 1.82) is 0 Å². The van der Waals surface area contributed by atoms with Gasteiger partial charge >= 0.3 is 5.97 Å². The highest BCUT2D eigenvalue weighted by Gasteiger charge is 2.54. The minimum Gasteiger partial charge on any atom is -0.507 e. The van der Waals surface area contributed by atoms with Crippen molar-refractivity contribution in [3.63, 3.8) is 0 Å². The van der Waals surface area contributed by atoms with Crippen LogP contribution in [0, 0.1) is 0 Å². The van der Waals surface area contributed by atoms with Gasteiger partial charge in [-0.25, -0.2) is 4.79 Å². The third-order valence-corrected chi connectivity index (χ3v) is 7.94. The van der Waals surface area contributed by atoms with E-state index in [0.717, 1.165) is 0 Å². The summed E-state index contributed by atoms with van der Waals surface area (Å²) in [4.78, 5) is 44.8. The van der Waals surface area contributed by atoms with E-state index in [4.69, 9.17) is 14.5 Å². The average molecular weight is 562 g/mol. The number of fused-ring (bicyclic) bond motifs is 3. The van der Waals surface area contributed by atoms with Gasteiger partial charge in [-0.05, 0) is 46.9 Å². The Balaban J connectivity index is 1.34. The summed E-state index contributed by atoms with van der Waals surface area (Å²) in [6, 6.07) is 5.61. The molecule has 3 fully saturated rings. The van der Waals surface area contributed by atoms with Crippen LogP contribution in [-0.4, -0.2) is 90.6 Å². The predicted octanol–water partition coefficient (Wildman–Crippen LogP) is -1.66. The van der Waals surface area contributed by atoms with Gasteiger partial charge < -0.3 is 40.5 Å². The lowest BCUT2D eigenvalue weighted by atomic mass is 9.88. The van der Waals surface area contributed by atoms with Gasteiger partial charge in [-0.1, -0.05) is 12.1 Å². The summed E-state index contributed by atoms with van der Waals surface area (Å²) in [6.07, 6.45) is -6.95. The molecule has 7 unspecified atom stereocenters. The molecule has 0 radical (unpaired) electrons. The van der Waals surface area contributed by atoms with E-state index in [2.05, 4.69) is 9.78 Å². The number of hydrogen-bond acceptors (Lipinski definition) is 14. The Morgan fingerprint density at radius 1 is 1.00 bits per heavy atom. The summed E-state index contributed by atoms with van der Waals surface area (Å²) in [5.74, 6) is -4.32. The van der Waals surface area contributed by atoms with E-state index in [1.54, 1.807) is 6.07 Å². The second-order valence-electron chi connectivity index (χ2n) is 10.4. The normalized spacial score (nSPS) is 34.1. The summed E-state index contributed by atoms with van der Waals surface area (Å²) < 4.78 is 5.37. The van der Waals surface area contributed by atoms with E-state index in [1.807, 2.05) is 0 Å². The van der Waals surface area contributed by atoms with Crippen molar-refractivity contribution in [2.45, 2.75) is 67.5 Å². The molecule has 214 valence electrons. The molecule has 7 atom stereocenters. The van der Waals surface area contributed by atoms with Gasteiger partial charge in [-0.3, -0.25) is 9.68 Å². The van der Waals surface area contributed by atoms with E-state index < -0.39 is 59.6 Å². The Morgan fingerprint density at radius 2 is 1.77 bits per heavy atom. The Hall–Kier alpha value is -3.02. The number of hydrogen-bond donors (Lipinski definition) is 7. The van der Waals surface area contributed by atoms with Crippen LogP contribution in [0.3, 0.4) is 0 Å². The fourth-order valence-electron chi connectivity index (χ4n) is 5.73. The van der Waals surface area contributed by atoms with Crippen LogP contribution in [0.2, 0.25) is 0 Å². The van der Waals surface area contributed by atoms with Crippen LogP contribution in [0.5, 0.6) is 5.75 Å². The maximum absolute atomic E-state index is 13.4. The fraction of sp³-hybridized carbons (Fsp3) is 0.462. The van der Waals surface area contributed by atoms with Crippen molar-refractivity contribution in [1.82, 2.24) is 0 Å². The lowest BCUT2D eigenvalue weighted by Gasteiger charge is -2.37. The second kappa shape index (κ2) is 9.53. The van der Waals surface area contributed by atoms with Crippen molar-refractivity contribution in [2.75, 3.05) is 6.61 Å². The summed E-state index contributed by atoms with van der Waals surface area (Å²) in [7, 11) is 0. The van der Waals surface area contributed by atoms with Gasteiger partial charge in [0, 0.05) is 24.1 Å². The average Bonchev–Trinajstić information content (AvgIpc) is 3.03. The molecule has 14 heteroatoms. The largest absolute Gasteiger partial charge is 0.507 e. The van der Waals surface area contributed by atoms with E-state index in [0.29, 0.717) is 16.5 Å². The van der Waals surface area contributed by atoms with Crippen LogP contribution < -0.4 is 5.43 Å². The maximum Gasteiger partial charge on any atom is 0.378 e. The van der Waals surface area contributed by atoms with Crippen molar-refractivity contribution < 1.29 is 64.8 Å². The summed E-state index contributed by atoms with van der Waals surface area (Å²) >= 11 is 0. The number of benzene rings is 1. The first-order valence-corrected chi connectivity index (χ1v) is 12.5. The molecular weight excluding hydrogens is 536 g/mol. The molecule has 7 N–H and O–H groups in total. The Labute approximate surface area is 224 Å². The quantitative estimate of drug-likeness (QED) is 0.155. The molecule has 2 aliphatic carbocycles. The number of carbonyl (C=O) groups excluding carboxylic acids is 1. The van der Waals surface area contributed by atoms with Gasteiger partial charge in [0.15, 0.2) is 5.43 Å². The van der Waals surface area contributed by atoms with E-state index >= 15 is 0 Å². The number of aromatic hydroxyl groups is 1. The molecule has 2 bridgehead atoms. The monoisotopic (exact) mass is 562 g/mol. The molecule has 2 heterocycles. The summed E-state index contributed by atoms with van der Waals surface area (Å²) in [6.45, 7) is -0.271. The lowest BCUT2D eigenvalue weighted by molar-refractivity contribution is -0.489. The molecule has 6 rings (SSSR count). The minimum atomic E-state index is -2.50. The van der Waals surface area contributed by atoms with E-state index in [9.17, 15) is 45.3 Å². The van der Waals surface area contributed by atoms with Crippen molar-refractivity contribution in [2.24, 2.45) is 0 Å².